The Bertz CT molecular complexity index is 1090. The molecule has 174 valence electrons. The van der Waals surface area contributed by atoms with Gasteiger partial charge in [-0.2, -0.15) is 0 Å². The van der Waals surface area contributed by atoms with Gasteiger partial charge in [0.05, 0.1) is 22.9 Å². The number of unbranched alkanes of at least 4 members (excludes halogenated alkanes) is 1. The highest BCUT2D eigenvalue weighted by Crippen LogP contribution is 2.24. The molecule has 0 atom stereocenters. The number of ether oxygens (including phenoxy) is 2. The fraction of sp³-hybridized carbons (Fsp3) is 0.304. The van der Waals surface area contributed by atoms with Crippen molar-refractivity contribution in [2.75, 3.05) is 17.7 Å². The van der Waals surface area contributed by atoms with Gasteiger partial charge in [0, 0.05) is 12.7 Å². The highest BCUT2D eigenvalue weighted by Gasteiger charge is 2.13. The largest absolute Gasteiger partial charge is 0.484 e. The van der Waals surface area contributed by atoms with Crippen molar-refractivity contribution in [3.63, 3.8) is 0 Å². The molecular weight excluding hydrogens is 464 g/mol. The molecule has 3 rings (SSSR count). The third kappa shape index (κ3) is 7.23. The Morgan fingerprint density at radius 1 is 1.12 bits per heavy atom. The second kappa shape index (κ2) is 12.3. The molecule has 0 saturated heterocycles. The van der Waals surface area contributed by atoms with Crippen molar-refractivity contribution in [3.8, 4) is 5.75 Å². The highest BCUT2D eigenvalue weighted by molar-refractivity contribution is 7.99. The molecule has 1 heterocycles. The Kier molecular flexibility index (Phi) is 9.14. The van der Waals surface area contributed by atoms with E-state index in [9.17, 15) is 9.59 Å². The van der Waals surface area contributed by atoms with Gasteiger partial charge >= 0.3 is 5.97 Å². The topological polar surface area (TPSA) is 95.3 Å². The second-order valence-corrected chi connectivity index (χ2v) is 8.43. The average molecular weight is 489 g/mol. The predicted molar refractivity (Wildman–Crippen MR) is 128 cm³/mol. The molecule has 2 aromatic carbocycles. The standard InChI is InChI=1S/C23H25ClN4O4S/c1-3-4-13-31-22(30)16-9-11-17(12-10-16)25-21(29)15-33-23-27-26-20(28(23)2)14-32-19-8-6-5-7-18(19)24/h5-12H,3-4,13-15H2,1-2H3,(H,25,29). The first-order valence-corrected chi connectivity index (χ1v) is 11.8. The minimum absolute atomic E-state index is 0.151. The Balaban J connectivity index is 1.47. The molecule has 0 fully saturated rings. The summed E-state index contributed by atoms with van der Waals surface area (Å²) in [6, 6.07) is 13.8. The number of benzene rings is 2. The van der Waals surface area contributed by atoms with Crippen LogP contribution >= 0.6 is 23.4 Å². The molecule has 1 N–H and O–H groups in total. The molecule has 0 radical (unpaired) electrons. The molecule has 0 aliphatic carbocycles. The molecule has 33 heavy (non-hydrogen) atoms. The lowest BCUT2D eigenvalue weighted by Gasteiger charge is -2.08. The van der Waals surface area contributed by atoms with Gasteiger partial charge in [0.2, 0.25) is 5.91 Å². The monoisotopic (exact) mass is 488 g/mol. The molecule has 10 heteroatoms. The van der Waals surface area contributed by atoms with Gasteiger partial charge in [-0.15, -0.1) is 10.2 Å². The van der Waals surface area contributed by atoms with Gasteiger partial charge < -0.3 is 19.4 Å². The summed E-state index contributed by atoms with van der Waals surface area (Å²) in [5, 5.41) is 12.2. The molecular formula is C23H25ClN4O4S. The van der Waals surface area contributed by atoms with Gasteiger partial charge in [-0.3, -0.25) is 4.79 Å². The van der Waals surface area contributed by atoms with Crippen LogP contribution in [0, 0.1) is 0 Å². The number of thioether (sulfide) groups is 1. The number of nitrogens with zero attached hydrogens (tertiary/aromatic N) is 3. The highest BCUT2D eigenvalue weighted by atomic mass is 35.5. The predicted octanol–water partition coefficient (Wildman–Crippen LogP) is 4.74. The average Bonchev–Trinajstić information content (AvgIpc) is 3.17. The molecule has 1 aromatic heterocycles. The third-order valence-corrected chi connectivity index (χ3v) is 5.92. The van der Waals surface area contributed by atoms with E-state index in [1.165, 1.54) is 11.8 Å². The summed E-state index contributed by atoms with van der Waals surface area (Å²) in [5.74, 6) is 0.761. The summed E-state index contributed by atoms with van der Waals surface area (Å²) in [5.41, 5.74) is 1.04. The molecule has 0 spiro atoms. The smallest absolute Gasteiger partial charge is 0.338 e. The lowest BCUT2D eigenvalue weighted by molar-refractivity contribution is -0.113. The zero-order chi connectivity index (χ0) is 23.6. The van der Waals surface area contributed by atoms with Gasteiger partial charge in [-0.05, 0) is 42.8 Å². The number of anilines is 1. The van der Waals surface area contributed by atoms with E-state index in [0.717, 1.165) is 12.8 Å². The van der Waals surface area contributed by atoms with E-state index in [1.807, 2.05) is 26.1 Å². The lowest BCUT2D eigenvalue weighted by Crippen LogP contribution is -2.15. The molecule has 8 nitrogen and oxygen atoms in total. The molecule has 0 saturated carbocycles. The Hall–Kier alpha value is -3.04. The Labute approximate surface area is 201 Å². The van der Waals surface area contributed by atoms with E-state index in [4.69, 9.17) is 21.1 Å². The molecule has 0 unspecified atom stereocenters. The quantitative estimate of drug-likeness (QED) is 0.236. The SMILES string of the molecule is CCCCOC(=O)c1ccc(NC(=O)CSc2nnc(COc3ccccc3Cl)n2C)cc1. The maximum Gasteiger partial charge on any atom is 0.338 e. The van der Waals surface area contributed by atoms with Gasteiger partial charge in [0.1, 0.15) is 12.4 Å². The van der Waals surface area contributed by atoms with E-state index in [2.05, 4.69) is 15.5 Å². The number of hydrogen-bond donors (Lipinski definition) is 1. The first-order valence-electron chi connectivity index (χ1n) is 10.4. The van der Waals surface area contributed by atoms with Gasteiger partial charge in [-0.1, -0.05) is 48.8 Å². The van der Waals surface area contributed by atoms with Crippen molar-refractivity contribution >= 4 is 40.9 Å². The summed E-state index contributed by atoms with van der Waals surface area (Å²) in [6.07, 6.45) is 1.79. The van der Waals surface area contributed by atoms with Crippen LogP contribution in [0.15, 0.2) is 53.7 Å². The van der Waals surface area contributed by atoms with Crippen molar-refractivity contribution in [1.29, 1.82) is 0 Å². The van der Waals surface area contributed by atoms with Gasteiger partial charge in [-0.25, -0.2) is 4.79 Å². The van der Waals surface area contributed by atoms with Crippen LogP contribution in [0.1, 0.15) is 35.9 Å². The minimum Gasteiger partial charge on any atom is -0.484 e. The summed E-state index contributed by atoms with van der Waals surface area (Å²) >= 11 is 7.36. The van der Waals surface area contributed by atoms with Crippen LogP contribution in [-0.4, -0.2) is 39.0 Å². The van der Waals surface area contributed by atoms with E-state index in [0.29, 0.717) is 39.6 Å². The van der Waals surface area contributed by atoms with Gasteiger partial charge in [0.15, 0.2) is 11.0 Å². The fourth-order valence-corrected chi connectivity index (χ4v) is 3.63. The first-order chi connectivity index (χ1) is 16.0. The van der Waals surface area contributed by atoms with Crippen LogP contribution in [0.25, 0.3) is 0 Å². The van der Waals surface area contributed by atoms with Crippen LogP contribution < -0.4 is 10.1 Å². The van der Waals surface area contributed by atoms with Crippen molar-refractivity contribution in [3.05, 3.63) is 64.9 Å². The van der Waals surface area contributed by atoms with Crippen LogP contribution in [0.3, 0.4) is 0 Å². The van der Waals surface area contributed by atoms with Crippen LogP contribution in [0.4, 0.5) is 5.69 Å². The summed E-state index contributed by atoms with van der Waals surface area (Å²) < 4.78 is 12.6. The van der Waals surface area contributed by atoms with E-state index in [-0.39, 0.29) is 24.2 Å². The summed E-state index contributed by atoms with van der Waals surface area (Å²) in [6.45, 7) is 2.64. The number of carbonyl (C=O) groups excluding carboxylic acids is 2. The van der Waals surface area contributed by atoms with Crippen molar-refractivity contribution < 1.29 is 19.1 Å². The van der Waals surface area contributed by atoms with Crippen LogP contribution in [-0.2, 0) is 23.2 Å². The maximum atomic E-state index is 12.3. The first kappa shape index (κ1) is 24.6. The molecule has 0 bridgehead atoms. The number of halogens is 1. The van der Waals surface area contributed by atoms with E-state index >= 15 is 0 Å². The van der Waals surface area contributed by atoms with Crippen molar-refractivity contribution in [1.82, 2.24) is 14.8 Å². The molecule has 1 amide bonds. The Morgan fingerprint density at radius 3 is 2.61 bits per heavy atom. The number of nitrogens with one attached hydrogen (secondary N) is 1. The second-order valence-electron chi connectivity index (χ2n) is 7.08. The zero-order valence-corrected chi connectivity index (χ0v) is 20.0. The maximum absolute atomic E-state index is 12.3. The minimum atomic E-state index is -0.367. The van der Waals surface area contributed by atoms with E-state index in [1.54, 1.807) is 41.0 Å². The van der Waals surface area contributed by atoms with E-state index < -0.39 is 0 Å². The number of carbonyl (C=O) groups is 2. The van der Waals surface area contributed by atoms with Gasteiger partial charge in [0.25, 0.3) is 0 Å². The summed E-state index contributed by atoms with van der Waals surface area (Å²) in [7, 11) is 1.81. The third-order valence-electron chi connectivity index (χ3n) is 4.59. The number of rotatable bonds is 11. The number of para-hydroxylation sites is 1. The zero-order valence-electron chi connectivity index (χ0n) is 18.4. The fourth-order valence-electron chi connectivity index (χ4n) is 2.71. The molecule has 3 aromatic rings. The Morgan fingerprint density at radius 2 is 1.88 bits per heavy atom. The van der Waals surface area contributed by atoms with Crippen LogP contribution in [0.2, 0.25) is 5.02 Å². The molecule has 0 aliphatic rings. The number of hydrogen-bond acceptors (Lipinski definition) is 7. The molecule has 0 aliphatic heterocycles. The van der Waals surface area contributed by atoms with Crippen molar-refractivity contribution in [2.24, 2.45) is 7.05 Å². The van der Waals surface area contributed by atoms with Crippen molar-refractivity contribution in [2.45, 2.75) is 31.5 Å². The number of aromatic nitrogens is 3. The lowest BCUT2D eigenvalue weighted by atomic mass is 10.2. The number of esters is 1. The normalized spacial score (nSPS) is 10.6. The number of amides is 1. The summed E-state index contributed by atoms with van der Waals surface area (Å²) in [4.78, 5) is 24.3. The van der Waals surface area contributed by atoms with Crippen LogP contribution in [0.5, 0.6) is 5.75 Å².